The van der Waals surface area contributed by atoms with Gasteiger partial charge >= 0.3 is 0 Å². The van der Waals surface area contributed by atoms with Crippen LogP contribution in [0.3, 0.4) is 0 Å². The highest BCUT2D eigenvalue weighted by molar-refractivity contribution is 5.76. The zero-order valence-corrected chi connectivity index (χ0v) is 10.9. The Kier molecular flexibility index (Phi) is 4.47. The Morgan fingerprint density at radius 2 is 2.16 bits per heavy atom. The average molecular weight is 268 g/mol. The first-order valence-electron chi connectivity index (χ1n) is 6.54. The highest BCUT2D eigenvalue weighted by Crippen LogP contribution is 2.19. The maximum atomic E-state index is 13.5. The minimum Gasteiger partial charge on any atom is -0.349 e. The van der Waals surface area contributed by atoms with E-state index in [1.165, 1.54) is 25.0 Å². The Morgan fingerprint density at radius 3 is 2.79 bits per heavy atom. The van der Waals surface area contributed by atoms with Crippen LogP contribution in [-0.4, -0.2) is 18.5 Å². The summed E-state index contributed by atoms with van der Waals surface area (Å²) in [7, 11) is 0. The second-order valence-electron chi connectivity index (χ2n) is 4.93. The first-order chi connectivity index (χ1) is 9.06. The number of carbonyl (C=O) groups excluding carboxylic acids is 1. The minimum atomic E-state index is -0.635. The SMILES string of the molecule is CC(NC(=O)CCNC1CC1)c1ccc(F)cc1F. The molecule has 2 rings (SSSR count). The monoisotopic (exact) mass is 268 g/mol. The van der Waals surface area contributed by atoms with Gasteiger partial charge in [-0.2, -0.15) is 0 Å². The fraction of sp³-hybridized carbons (Fsp3) is 0.500. The lowest BCUT2D eigenvalue weighted by atomic mass is 10.1. The van der Waals surface area contributed by atoms with E-state index in [9.17, 15) is 13.6 Å². The second-order valence-corrected chi connectivity index (χ2v) is 4.93. The van der Waals surface area contributed by atoms with Gasteiger partial charge in [-0.25, -0.2) is 8.78 Å². The molecule has 0 aliphatic heterocycles. The van der Waals surface area contributed by atoms with Gasteiger partial charge in [0, 0.05) is 30.6 Å². The second kappa shape index (κ2) is 6.10. The van der Waals surface area contributed by atoms with Gasteiger partial charge in [-0.1, -0.05) is 6.07 Å². The van der Waals surface area contributed by atoms with E-state index in [4.69, 9.17) is 0 Å². The molecule has 5 heteroatoms. The van der Waals surface area contributed by atoms with E-state index in [0.29, 0.717) is 24.6 Å². The number of hydrogen-bond acceptors (Lipinski definition) is 2. The third kappa shape index (κ3) is 4.28. The molecule has 3 nitrogen and oxygen atoms in total. The third-order valence-electron chi connectivity index (χ3n) is 3.17. The molecule has 1 saturated carbocycles. The molecule has 1 fully saturated rings. The Balaban J connectivity index is 1.81. The van der Waals surface area contributed by atoms with Gasteiger partial charge in [-0.15, -0.1) is 0 Å². The molecule has 2 N–H and O–H groups in total. The lowest BCUT2D eigenvalue weighted by molar-refractivity contribution is -0.121. The van der Waals surface area contributed by atoms with Gasteiger partial charge in [0.05, 0.1) is 6.04 Å². The molecule has 19 heavy (non-hydrogen) atoms. The largest absolute Gasteiger partial charge is 0.349 e. The van der Waals surface area contributed by atoms with Gasteiger partial charge < -0.3 is 10.6 Å². The Labute approximate surface area is 111 Å². The van der Waals surface area contributed by atoms with Crippen LogP contribution in [0.5, 0.6) is 0 Å². The summed E-state index contributed by atoms with van der Waals surface area (Å²) in [6.07, 6.45) is 2.72. The van der Waals surface area contributed by atoms with Crippen molar-refractivity contribution in [3.63, 3.8) is 0 Å². The molecular formula is C14H18F2N2O. The summed E-state index contributed by atoms with van der Waals surface area (Å²) < 4.78 is 26.3. The molecule has 1 atom stereocenters. The van der Waals surface area contributed by atoms with E-state index >= 15 is 0 Å². The zero-order valence-electron chi connectivity index (χ0n) is 10.9. The number of nitrogens with one attached hydrogen (secondary N) is 2. The van der Waals surface area contributed by atoms with E-state index in [1.54, 1.807) is 6.92 Å². The van der Waals surface area contributed by atoms with Crippen molar-refractivity contribution in [1.82, 2.24) is 10.6 Å². The summed E-state index contributed by atoms with van der Waals surface area (Å²) in [6.45, 7) is 2.32. The number of hydrogen-bond donors (Lipinski definition) is 2. The van der Waals surface area contributed by atoms with Crippen LogP contribution >= 0.6 is 0 Å². The molecular weight excluding hydrogens is 250 g/mol. The van der Waals surface area contributed by atoms with E-state index in [2.05, 4.69) is 10.6 Å². The Hall–Kier alpha value is -1.49. The van der Waals surface area contributed by atoms with Crippen molar-refractivity contribution in [3.8, 4) is 0 Å². The molecule has 104 valence electrons. The normalized spacial score (nSPS) is 16.2. The molecule has 1 aliphatic carbocycles. The molecule has 1 aromatic carbocycles. The van der Waals surface area contributed by atoms with Crippen LogP contribution in [0.2, 0.25) is 0 Å². The topological polar surface area (TPSA) is 41.1 Å². The van der Waals surface area contributed by atoms with Gasteiger partial charge in [0.2, 0.25) is 5.91 Å². The van der Waals surface area contributed by atoms with E-state index < -0.39 is 17.7 Å². The highest BCUT2D eigenvalue weighted by atomic mass is 19.1. The van der Waals surface area contributed by atoms with Crippen molar-refractivity contribution in [3.05, 3.63) is 35.4 Å². The molecule has 1 unspecified atom stereocenters. The van der Waals surface area contributed by atoms with Crippen molar-refractivity contribution in [2.45, 2.75) is 38.3 Å². The smallest absolute Gasteiger partial charge is 0.221 e. The summed E-state index contributed by atoms with van der Waals surface area (Å²) in [4.78, 5) is 11.7. The predicted octanol–water partition coefficient (Wildman–Crippen LogP) is 2.28. The summed E-state index contributed by atoms with van der Waals surface area (Å²) in [5.41, 5.74) is 0.296. The number of rotatable bonds is 6. The molecule has 0 aromatic heterocycles. The first-order valence-corrected chi connectivity index (χ1v) is 6.54. The zero-order chi connectivity index (χ0) is 13.8. The van der Waals surface area contributed by atoms with Crippen LogP contribution in [0.25, 0.3) is 0 Å². The van der Waals surface area contributed by atoms with Crippen molar-refractivity contribution < 1.29 is 13.6 Å². The number of halogens is 2. The molecule has 0 radical (unpaired) electrons. The van der Waals surface area contributed by atoms with Crippen molar-refractivity contribution in [1.29, 1.82) is 0 Å². The fourth-order valence-electron chi connectivity index (χ4n) is 1.92. The fourth-order valence-corrected chi connectivity index (χ4v) is 1.92. The van der Waals surface area contributed by atoms with Crippen LogP contribution in [0.4, 0.5) is 8.78 Å². The van der Waals surface area contributed by atoms with Gasteiger partial charge in [0.15, 0.2) is 0 Å². The van der Waals surface area contributed by atoms with Crippen LogP contribution in [0.1, 0.15) is 37.8 Å². The maximum Gasteiger partial charge on any atom is 0.221 e. The quantitative estimate of drug-likeness (QED) is 0.831. The molecule has 0 heterocycles. The highest BCUT2D eigenvalue weighted by Gasteiger charge is 2.20. The van der Waals surface area contributed by atoms with Crippen LogP contribution in [0, 0.1) is 11.6 Å². The van der Waals surface area contributed by atoms with Crippen molar-refractivity contribution in [2.75, 3.05) is 6.54 Å². The number of amides is 1. The maximum absolute atomic E-state index is 13.5. The van der Waals surface area contributed by atoms with Crippen LogP contribution < -0.4 is 10.6 Å². The van der Waals surface area contributed by atoms with E-state index in [-0.39, 0.29) is 5.91 Å². The molecule has 0 saturated heterocycles. The Morgan fingerprint density at radius 1 is 1.42 bits per heavy atom. The summed E-state index contributed by atoms with van der Waals surface area (Å²) >= 11 is 0. The Bertz CT molecular complexity index is 461. The van der Waals surface area contributed by atoms with Crippen molar-refractivity contribution >= 4 is 5.91 Å². The first kappa shape index (κ1) is 13.9. The number of carbonyl (C=O) groups is 1. The van der Waals surface area contributed by atoms with Crippen LogP contribution in [-0.2, 0) is 4.79 Å². The molecule has 0 bridgehead atoms. The third-order valence-corrected chi connectivity index (χ3v) is 3.17. The van der Waals surface area contributed by atoms with Gasteiger partial charge in [-0.3, -0.25) is 4.79 Å². The summed E-state index contributed by atoms with van der Waals surface area (Å²) in [5.74, 6) is -1.39. The average Bonchev–Trinajstić information content (AvgIpc) is 3.12. The lowest BCUT2D eigenvalue weighted by Gasteiger charge is -2.15. The molecule has 1 amide bonds. The van der Waals surface area contributed by atoms with E-state index in [1.807, 2.05) is 0 Å². The van der Waals surface area contributed by atoms with Gasteiger partial charge in [-0.05, 0) is 25.8 Å². The standard InChI is InChI=1S/C14H18F2N2O/c1-9(12-5-2-10(15)8-13(12)16)18-14(19)6-7-17-11-3-4-11/h2,5,8-9,11,17H,3-4,6-7H2,1H3,(H,18,19). The summed E-state index contributed by atoms with van der Waals surface area (Å²) in [6, 6.07) is 3.48. The van der Waals surface area contributed by atoms with Gasteiger partial charge in [0.1, 0.15) is 11.6 Å². The van der Waals surface area contributed by atoms with Gasteiger partial charge in [0.25, 0.3) is 0 Å². The molecule has 1 aromatic rings. The van der Waals surface area contributed by atoms with Crippen molar-refractivity contribution in [2.24, 2.45) is 0 Å². The lowest BCUT2D eigenvalue weighted by Crippen LogP contribution is -2.30. The molecule has 0 spiro atoms. The molecule has 1 aliphatic rings. The number of benzene rings is 1. The van der Waals surface area contributed by atoms with Crippen LogP contribution in [0.15, 0.2) is 18.2 Å². The summed E-state index contributed by atoms with van der Waals surface area (Å²) in [5, 5.41) is 5.94. The minimum absolute atomic E-state index is 0.135. The predicted molar refractivity (Wildman–Crippen MR) is 68.6 cm³/mol. The van der Waals surface area contributed by atoms with E-state index in [0.717, 1.165) is 6.07 Å².